The molecule has 0 aliphatic rings. The second-order valence-corrected chi connectivity index (χ2v) is 2.96. The van der Waals surface area contributed by atoms with Gasteiger partial charge in [0.2, 0.25) is 0 Å². The van der Waals surface area contributed by atoms with E-state index in [9.17, 15) is 4.79 Å². The van der Waals surface area contributed by atoms with Crippen molar-refractivity contribution in [2.75, 3.05) is 0 Å². The van der Waals surface area contributed by atoms with Crippen LogP contribution in [0.5, 0.6) is 5.75 Å². The number of esters is 1. The van der Waals surface area contributed by atoms with Crippen molar-refractivity contribution in [3.8, 4) is 5.75 Å². The standard InChI is InChI=1S/C8H7BrO2.Na.H/c1-6(10)11-8-4-2-7(9)3-5-8;;/h2-5H,1H3;;. The second-order valence-electron chi connectivity index (χ2n) is 2.05. The molecule has 0 spiro atoms. The van der Waals surface area contributed by atoms with Crippen molar-refractivity contribution in [1.29, 1.82) is 0 Å². The first-order chi connectivity index (χ1) is 5.18. The van der Waals surface area contributed by atoms with Gasteiger partial charge in [0.15, 0.2) is 0 Å². The number of benzene rings is 1. The Morgan fingerprint density at radius 1 is 1.33 bits per heavy atom. The first kappa shape index (κ1) is 12.2. The Balaban J connectivity index is 0.00000121. The summed E-state index contributed by atoms with van der Waals surface area (Å²) in [6.07, 6.45) is 0. The third-order valence-corrected chi connectivity index (χ3v) is 1.60. The number of hydrogen-bond donors (Lipinski definition) is 0. The zero-order chi connectivity index (χ0) is 8.27. The van der Waals surface area contributed by atoms with Gasteiger partial charge in [-0.15, -0.1) is 0 Å². The van der Waals surface area contributed by atoms with E-state index in [0.29, 0.717) is 5.75 Å². The Labute approximate surface area is 102 Å². The van der Waals surface area contributed by atoms with E-state index < -0.39 is 0 Å². The number of ether oxygens (including phenoxy) is 1. The Kier molecular flexibility index (Phi) is 5.84. The molecule has 0 N–H and O–H groups in total. The predicted molar refractivity (Wildman–Crippen MR) is 52.6 cm³/mol. The molecule has 0 amide bonds. The van der Waals surface area contributed by atoms with Gasteiger partial charge in [-0.05, 0) is 24.3 Å². The van der Waals surface area contributed by atoms with Crippen LogP contribution in [0.15, 0.2) is 28.7 Å². The summed E-state index contributed by atoms with van der Waals surface area (Å²) in [6, 6.07) is 7.09. The van der Waals surface area contributed by atoms with Gasteiger partial charge in [0.25, 0.3) is 0 Å². The molecule has 0 aliphatic heterocycles. The normalized spacial score (nSPS) is 8.50. The van der Waals surface area contributed by atoms with Crippen LogP contribution in [0.1, 0.15) is 6.92 Å². The molecule has 4 heteroatoms. The van der Waals surface area contributed by atoms with Gasteiger partial charge in [-0.25, -0.2) is 0 Å². The van der Waals surface area contributed by atoms with Crippen molar-refractivity contribution in [2.24, 2.45) is 0 Å². The van der Waals surface area contributed by atoms with E-state index in [4.69, 9.17) is 4.74 Å². The monoisotopic (exact) mass is 238 g/mol. The molecule has 0 aromatic heterocycles. The van der Waals surface area contributed by atoms with Gasteiger partial charge < -0.3 is 4.74 Å². The molecular formula is C8H8BrNaO2. The summed E-state index contributed by atoms with van der Waals surface area (Å²) in [5.74, 6) is 0.271. The van der Waals surface area contributed by atoms with Crippen LogP contribution in [-0.4, -0.2) is 35.5 Å². The summed E-state index contributed by atoms with van der Waals surface area (Å²) < 4.78 is 5.78. The molecule has 0 saturated carbocycles. The van der Waals surface area contributed by atoms with E-state index in [1.54, 1.807) is 12.1 Å². The van der Waals surface area contributed by atoms with Crippen molar-refractivity contribution in [2.45, 2.75) is 6.92 Å². The van der Waals surface area contributed by atoms with E-state index in [1.807, 2.05) is 12.1 Å². The maximum absolute atomic E-state index is 10.5. The molecule has 12 heavy (non-hydrogen) atoms. The van der Waals surface area contributed by atoms with Crippen molar-refractivity contribution < 1.29 is 9.53 Å². The molecule has 0 fully saturated rings. The van der Waals surface area contributed by atoms with Crippen LogP contribution in [0, 0.1) is 0 Å². The number of carbonyl (C=O) groups excluding carboxylic acids is 1. The van der Waals surface area contributed by atoms with Crippen LogP contribution < -0.4 is 4.74 Å². The summed E-state index contributed by atoms with van der Waals surface area (Å²) in [4.78, 5) is 10.5. The Morgan fingerprint density at radius 2 is 1.83 bits per heavy atom. The first-order valence-corrected chi connectivity index (χ1v) is 3.92. The van der Waals surface area contributed by atoms with Crippen LogP contribution in [0.3, 0.4) is 0 Å². The van der Waals surface area contributed by atoms with Crippen LogP contribution in [0.2, 0.25) is 0 Å². The average Bonchev–Trinajstić information content (AvgIpc) is 1.93. The number of halogens is 1. The minimum absolute atomic E-state index is 0. The Hall–Kier alpha value is 0.170. The predicted octanol–water partition coefficient (Wildman–Crippen LogP) is 1.73. The van der Waals surface area contributed by atoms with Gasteiger partial charge in [-0.3, -0.25) is 4.79 Å². The zero-order valence-electron chi connectivity index (χ0n) is 6.00. The summed E-state index contributed by atoms with van der Waals surface area (Å²) in [5.41, 5.74) is 0. The van der Waals surface area contributed by atoms with Gasteiger partial charge in [0.1, 0.15) is 5.75 Å². The zero-order valence-corrected chi connectivity index (χ0v) is 7.59. The molecule has 0 unspecified atom stereocenters. The van der Waals surface area contributed by atoms with Crippen molar-refractivity contribution >= 4 is 51.5 Å². The first-order valence-electron chi connectivity index (χ1n) is 3.12. The molecule has 0 radical (unpaired) electrons. The fourth-order valence-electron chi connectivity index (χ4n) is 0.669. The number of carbonyl (C=O) groups is 1. The Bertz CT molecular complexity index is 258. The Morgan fingerprint density at radius 3 is 2.25 bits per heavy atom. The molecular weight excluding hydrogens is 231 g/mol. The molecule has 1 aromatic rings. The van der Waals surface area contributed by atoms with Gasteiger partial charge in [-0.2, -0.15) is 0 Å². The van der Waals surface area contributed by atoms with E-state index in [-0.39, 0.29) is 35.5 Å². The van der Waals surface area contributed by atoms with Gasteiger partial charge in [0, 0.05) is 11.4 Å². The van der Waals surface area contributed by atoms with E-state index >= 15 is 0 Å². The number of rotatable bonds is 1. The summed E-state index contributed by atoms with van der Waals surface area (Å²) in [7, 11) is 0. The van der Waals surface area contributed by atoms with Gasteiger partial charge in [-0.1, -0.05) is 15.9 Å². The SMILES string of the molecule is CC(=O)Oc1ccc(Br)cc1.[NaH]. The van der Waals surface area contributed by atoms with E-state index in [0.717, 1.165) is 4.47 Å². The topological polar surface area (TPSA) is 26.3 Å². The van der Waals surface area contributed by atoms with Crippen molar-refractivity contribution in [3.05, 3.63) is 28.7 Å². The molecule has 1 aromatic carbocycles. The van der Waals surface area contributed by atoms with Crippen LogP contribution in [-0.2, 0) is 4.79 Å². The summed E-state index contributed by atoms with van der Waals surface area (Å²) in [6.45, 7) is 1.38. The molecule has 0 aliphatic carbocycles. The molecule has 2 nitrogen and oxygen atoms in total. The molecule has 0 bridgehead atoms. The number of hydrogen-bond acceptors (Lipinski definition) is 2. The van der Waals surface area contributed by atoms with Crippen molar-refractivity contribution in [3.63, 3.8) is 0 Å². The molecule has 0 saturated heterocycles. The van der Waals surface area contributed by atoms with Crippen LogP contribution in [0.4, 0.5) is 0 Å². The van der Waals surface area contributed by atoms with Crippen molar-refractivity contribution in [1.82, 2.24) is 0 Å². The molecule has 0 atom stereocenters. The second kappa shape index (κ2) is 5.75. The third kappa shape index (κ3) is 4.26. The summed E-state index contributed by atoms with van der Waals surface area (Å²) in [5, 5.41) is 0. The van der Waals surface area contributed by atoms with Crippen LogP contribution in [0.25, 0.3) is 0 Å². The van der Waals surface area contributed by atoms with Crippen LogP contribution >= 0.6 is 15.9 Å². The third-order valence-electron chi connectivity index (χ3n) is 1.08. The quantitative estimate of drug-likeness (QED) is 0.423. The molecule has 0 heterocycles. The molecule has 60 valence electrons. The fraction of sp³-hybridized carbons (Fsp3) is 0.125. The fourth-order valence-corrected chi connectivity index (χ4v) is 0.933. The van der Waals surface area contributed by atoms with E-state index in [1.165, 1.54) is 6.92 Å². The molecule has 1 rings (SSSR count). The maximum atomic E-state index is 10.5. The van der Waals surface area contributed by atoms with E-state index in [2.05, 4.69) is 15.9 Å². The van der Waals surface area contributed by atoms with Gasteiger partial charge >= 0.3 is 35.5 Å². The minimum atomic E-state index is -0.299. The van der Waals surface area contributed by atoms with Gasteiger partial charge in [0.05, 0.1) is 0 Å². The summed E-state index contributed by atoms with van der Waals surface area (Å²) >= 11 is 3.27. The average molecular weight is 239 g/mol.